The SMILES string of the molecule is O=C(O)c1cccc([P+](CC(=O)c2ccccc2)(c2cccc(C(=O)O)c2)c2cccc(C(=O)O)c2)c1. The summed E-state index contributed by atoms with van der Waals surface area (Å²) in [6, 6.07) is 27.2. The zero-order valence-corrected chi connectivity index (χ0v) is 20.3. The lowest BCUT2D eigenvalue weighted by atomic mass is 10.2. The normalized spacial score (nSPS) is 11.0. The average molecular weight is 513 g/mol. The number of hydrogen-bond acceptors (Lipinski definition) is 4. The number of Topliss-reactive ketones (excluding diaryl/α,β-unsaturated/α-hetero) is 1. The summed E-state index contributed by atoms with van der Waals surface area (Å²) in [5.74, 6) is -3.72. The lowest BCUT2D eigenvalue weighted by molar-refractivity contribution is 0.0686. The minimum Gasteiger partial charge on any atom is -0.478 e. The van der Waals surface area contributed by atoms with Crippen LogP contribution in [-0.4, -0.2) is 45.2 Å². The van der Waals surface area contributed by atoms with Gasteiger partial charge in [0.05, 0.1) is 16.7 Å². The highest BCUT2D eigenvalue weighted by atomic mass is 31.2. The van der Waals surface area contributed by atoms with Crippen molar-refractivity contribution in [1.82, 2.24) is 0 Å². The van der Waals surface area contributed by atoms with E-state index in [4.69, 9.17) is 0 Å². The van der Waals surface area contributed by atoms with Crippen LogP contribution in [0.2, 0.25) is 0 Å². The van der Waals surface area contributed by atoms with Crippen molar-refractivity contribution < 1.29 is 34.5 Å². The lowest BCUT2D eigenvalue weighted by Crippen LogP contribution is -2.37. The third kappa shape index (κ3) is 5.17. The van der Waals surface area contributed by atoms with Gasteiger partial charge in [-0.25, -0.2) is 14.4 Å². The molecule has 4 aromatic rings. The predicted molar refractivity (Wildman–Crippen MR) is 142 cm³/mol. The van der Waals surface area contributed by atoms with Gasteiger partial charge >= 0.3 is 17.9 Å². The van der Waals surface area contributed by atoms with Gasteiger partial charge in [0.25, 0.3) is 0 Å². The molecule has 0 saturated carbocycles. The summed E-state index contributed by atoms with van der Waals surface area (Å²) >= 11 is 0. The van der Waals surface area contributed by atoms with Crippen LogP contribution < -0.4 is 15.9 Å². The van der Waals surface area contributed by atoms with E-state index >= 15 is 0 Å². The maximum Gasteiger partial charge on any atom is 0.335 e. The Hall–Kier alpha value is -4.61. The Bertz CT molecular complexity index is 1370. The lowest BCUT2D eigenvalue weighted by Gasteiger charge is -2.28. The van der Waals surface area contributed by atoms with Gasteiger partial charge in [0.1, 0.15) is 29.3 Å². The van der Waals surface area contributed by atoms with Crippen molar-refractivity contribution in [1.29, 1.82) is 0 Å². The molecule has 184 valence electrons. The van der Waals surface area contributed by atoms with E-state index in [1.807, 2.05) is 0 Å². The molecule has 7 nitrogen and oxygen atoms in total. The topological polar surface area (TPSA) is 129 Å². The van der Waals surface area contributed by atoms with Crippen LogP contribution >= 0.6 is 7.26 Å². The number of carbonyl (C=O) groups excluding carboxylic acids is 1. The van der Waals surface area contributed by atoms with E-state index in [0.29, 0.717) is 21.5 Å². The molecule has 0 unspecified atom stereocenters. The Kier molecular flexibility index (Phi) is 7.27. The highest BCUT2D eigenvalue weighted by molar-refractivity contribution is 7.96. The summed E-state index contributed by atoms with van der Waals surface area (Å²) in [7, 11) is -3.11. The Morgan fingerprint density at radius 3 is 1.19 bits per heavy atom. The monoisotopic (exact) mass is 513 g/mol. The summed E-state index contributed by atoms with van der Waals surface area (Å²) in [6.07, 6.45) is -0.105. The maximum atomic E-state index is 13.7. The number of hydrogen-bond donors (Lipinski definition) is 3. The molecule has 0 heterocycles. The summed E-state index contributed by atoms with van der Waals surface area (Å²) in [5.41, 5.74) is 0.429. The minimum atomic E-state index is -3.11. The first-order chi connectivity index (χ1) is 17.7. The fourth-order valence-electron chi connectivity index (χ4n) is 4.28. The van der Waals surface area contributed by atoms with Crippen molar-refractivity contribution in [3.05, 3.63) is 125 Å². The van der Waals surface area contributed by atoms with E-state index in [2.05, 4.69) is 0 Å². The number of rotatable bonds is 9. The smallest absolute Gasteiger partial charge is 0.335 e. The van der Waals surface area contributed by atoms with E-state index in [0.717, 1.165) is 0 Å². The zero-order valence-electron chi connectivity index (χ0n) is 19.4. The van der Waals surface area contributed by atoms with Gasteiger partial charge in [-0.05, 0) is 54.6 Å². The summed E-state index contributed by atoms with van der Waals surface area (Å²) in [6.45, 7) is 0. The molecular formula is C29H22O7P+. The Morgan fingerprint density at radius 1 is 0.486 bits per heavy atom. The van der Waals surface area contributed by atoms with Gasteiger partial charge in [0.2, 0.25) is 5.78 Å². The van der Waals surface area contributed by atoms with Gasteiger partial charge in [0.15, 0.2) is 0 Å². The molecule has 0 aliphatic heterocycles. The van der Waals surface area contributed by atoms with Gasteiger partial charge < -0.3 is 15.3 Å². The number of carboxylic acid groups (broad SMARTS) is 3. The number of aromatic carboxylic acids is 3. The van der Waals surface area contributed by atoms with Crippen molar-refractivity contribution in [2.24, 2.45) is 0 Å². The van der Waals surface area contributed by atoms with Gasteiger partial charge in [-0.15, -0.1) is 0 Å². The molecule has 0 radical (unpaired) electrons. The van der Waals surface area contributed by atoms with Gasteiger partial charge in [0, 0.05) is 5.56 Å². The molecule has 8 heteroatoms. The third-order valence-corrected chi connectivity index (χ3v) is 10.3. The largest absolute Gasteiger partial charge is 0.478 e. The highest BCUT2D eigenvalue weighted by Gasteiger charge is 2.48. The van der Waals surface area contributed by atoms with Crippen molar-refractivity contribution in [3.8, 4) is 0 Å². The van der Waals surface area contributed by atoms with Crippen molar-refractivity contribution in [3.63, 3.8) is 0 Å². The first-order valence-corrected chi connectivity index (χ1v) is 13.2. The van der Waals surface area contributed by atoms with Gasteiger partial charge in [-0.2, -0.15) is 0 Å². The van der Waals surface area contributed by atoms with Crippen LogP contribution in [0.3, 0.4) is 0 Å². The molecule has 0 bridgehead atoms. The molecule has 4 rings (SSSR count). The van der Waals surface area contributed by atoms with Crippen LogP contribution in [0.1, 0.15) is 41.4 Å². The molecule has 0 spiro atoms. The molecule has 37 heavy (non-hydrogen) atoms. The fourth-order valence-corrected chi connectivity index (χ4v) is 8.44. The van der Waals surface area contributed by atoms with E-state index in [1.165, 1.54) is 36.4 Å². The summed E-state index contributed by atoms with van der Waals surface area (Å²) in [4.78, 5) is 49.3. The zero-order chi connectivity index (χ0) is 26.6. The molecule has 0 aromatic heterocycles. The first-order valence-electron chi connectivity index (χ1n) is 11.2. The Balaban J connectivity index is 2.10. The van der Waals surface area contributed by atoms with E-state index in [9.17, 15) is 34.5 Å². The molecular weight excluding hydrogens is 491 g/mol. The molecule has 0 aliphatic carbocycles. The molecule has 3 N–H and O–H groups in total. The van der Waals surface area contributed by atoms with Crippen LogP contribution in [0.15, 0.2) is 103 Å². The van der Waals surface area contributed by atoms with E-state index < -0.39 is 25.2 Å². The molecule has 4 aromatic carbocycles. The molecule has 0 amide bonds. The minimum absolute atomic E-state index is 0.00202. The molecule has 0 atom stereocenters. The van der Waals surface area contributed by atoms with Gasteiger partial charge in [-0.3, -0.25) is 4.79 Å². The second-order valence-corrected chi connectivity index (χ2v) is 11.8. The average Bonchev–Trinajstić information content (AvgIpc) is 2.92. The number of benzene rings is 4. The first kappa shape index (κ1) is 25.5. The standard InChI is InChI=1S/C29H21O7P/c30-26(19-7-2-1-3-8-19)18-37(23-12-4-9-20(15-23)27(31)32,24-13-5-10-21(16-24)28(33)34)25-14-6-11-22(17-25)29(35)36/h1-17H,18H2,(H2-,31,32,33,34,35,36)/p+1. The van der Waals surface area contributed by atoms with Crippen molar-refractivity contribution >= 4 is 46.9 Å². The quantitative estimate of drug-likeness (QED) is 0.228. The van der Waals surface area contributed by atoms with Crippen LogP contribution in [-0.2, 0) is 0 Å². The Morgan fingerprint density at radius 2 is 0.838 bits per heavy atom. The Labute approximate surface area is 213 Å². The highest BCUT2D eigenvalue weighted by Crippen LogP contribution is 2.56. The van der Waals surface area contributed by atoms with Crippen LogP contribution in [0.4, 0.5) is 0 Å². The second-order valence-electron chi connectivity index (χ2n) is 8.32. The number of ketones is 1. The summed E-state index contributed by atoms with van der Waals surface area (Å²) in [5, 5.41) is 30.6. The number of carboxylic acids is 3. The van der Waals surface area contributed by atoms with Crippen LogP contribution in [0, 0.1) is 0 Å². The van der Waals surface area contributed by atoms with Gasteiger partial charge in [-0.1, -0.05) is 48.5 Å². The van der Waals surface area contributed by atoms with Crippen molar-refractivity contribution in [2.75, 3.05) is 6.16 Å². The molecule has 0 aliphatic rings. The van der Waals surface area contributed by atoms with Crippen LogP contribution in [0.25, 0.3) is 0 Å². The van der Waals surface area contributed by atoms with E-state index in [-0.39, 0.29) is 28.6 Å². The van der Waals surface area contributed by atoms with E-state index in [1.54, 1.807) is 66.7 Å². The molecule has 0 fully saturated rings. The van der Waals surface area contributed by atoms with Crippen molar-refractivity contribution in [2.45, 2.75) is 0 Å². The molecule has 0 saturated heterocycles. The third-order valence-electron chi connectivity index (χ3n) is 6.08. The predicted octanol–water partition coefficient (Wildman–Crippen LogP) is 3.96. The van der Waals surface area contributed by atoms with Crippen LogP contribution in [0.5, 0.6) is 0 Å². The second kappa shape index (κ2) is 10.6. The maximum absolute atomic E-state index is 13.7. The summed E-state index contributed by atoms with van der Waals surface area (Å²) < 4.78 is 0. The fraction of sp³-hybridized carbons (Fsp3) is 0.0345. The number of carbonyl (C=O) groups is 4.